The highest BCUT2D eigenvalue weighted by Gasteiger charge is 2.42. The fraction of sp³-hybridized carbons (Fsp3) is 0.478. The van der Waals surface area contributed by atoms with E-state index in [9.17, 15) is 14.4 Å². The number of hydrogen-bond donors (Lipinski definition) is 3. The molecule has 9 nitrogen and oxygen atoms in total. The number of nitrogens with one attached hydrogen (secondary N) is 3. The van der Waals surface area contributed by atoms with Crippen LogP contribution in [0.4, 0.5) is 16.5 Å². The molecule has 176 valence electrons. The number of rotatable bonds is 6. The smallest absolute Gasteiger partial charge is 0.313 e. The van der Waals surface area contributed by atoms with Crippen molar-refractivity contribution in [2.75, 3.05) is 41.8 Å². The molecule has 0 unspecified atom stereocenters. The molecule has 1 spiro atoms. The van der Waals surface area contributed by atoms with Gasteiger partial charge >= 0.3 is 11.8 Å². The van der Waals surface area contributed by atoms with E-state index in [1.54, 1.807) is 35.6 Å². The van der Waals surface area contributed by atoms with Gasteiger partial charge in [-0.15, -0.1) is 11.3 Å². The van der Waals surface area contributed by atoms with Gasteiger partial charge in [-0.3, -0.25) is 14.4 Å². The summed E-state index contributed by atoms with van der Waals surface area (Å²) in [7, 11) is 0. The number of hydrogen-bond acceptors (Lipinski definition) is 7. The van der Waals surface area contributed by atoms with E-state index in [-0.39, 0.29) is 11.5 Å². The molecular weight excluding hydrogens is 442 g/mol. The monoisotopic (exact) mass is 471 g/mol. The first kappa shape index (κ1) is 23.2. The van der Waals surface area contributed by atoms with E-state index >= 15 is 0 Å². The Morgan fingerprint density at radius 3 is 2.64 bits per heavy atom. The van der Waals surface area contributed by atoms with E-state index in [2.05, 4.69) is 20.9 Å². The van der Waals surface area contributed by atoms with E-state index in [4.69, 9.17) is 9.72 Å². The van der Waals surface area contributed by atoms with Crippen LogP contribution in [-0.4, -0.2) is 54.5 Å². The highest BCUT2D eigenvalue weighted by atomic mass is 32.1. The fourth-order valence-electron chi connectivity index (χ4n) is 4.10. The molecule has 1 saturated heterocycles. The standard InChI is InChI=1S/C23H29N5O4S/c1-15-19(33-22(25-15)28-11-12-32-23(14-28)8-4-9-23)7-10-24-20(30)21(31)27-18-6-3-5-17(13-18)26-16(2)29/h3,5-6,13H,4,7-12,14H2,1-2H3,(H,24,30)(H,26,29)(H,27,31). The van der Waals surface area contributed by atoms with Gasteiger partial charge in [0.25, 0.3) is 0 Å². The predicted octanol–water partition coefficient (Wildman–Crippen LogP) is 2.47. The Bertz CT molecular complexity index is 1050. The summed E-state index contributed by atoms with van der Waals surface area (Å²) < 4.78 is 6.00. The molecule has 0 atom stereocenters. The lowest BCUT2D eigenvalue weighted by atomic mass is 9.79. The van der Waals surface area contributed by atoms with Crippen LogP contribution in [0.5, 0.6) is 0 Å². The molecule has 2 heterocycles. The summed E-state index contributed by atoms with van der Waals surface area (Å²) in [5.41, 5.74) is 1.94. The molecule has 4 rings (SSSR count). The first-order valence-corrected chi connectivity index (χ1v) is 12.0. The van der Waals surface area contributed by atoms with Crippen molar-refractivity contribution >= 4 is 45.6 Å². The average Bonchev–Trinajstić information content (AvgIpc) is 3.13. The highest BCUT2D eigenvalue weighted by Crippen LogP contribution is 2.40. The van der Waals surface area contributed by atoms with Crippen LogP contribution in [0.2, 0.25) is 0 Å². The first-order chi connectivity index (χ1) is 15.8. The van der Waals surface area contributed by atoms with Crippen LogP contribution < -0.4 is 20.9 Å². The summed E-state index contributed by atoms with van der Waals surface area (Å²) in [6.45, 7) is 6.18. The Labute approximate surface area is 196 Å². The number of morpholine rings is 1. The summed E-state index contributed by atoms with van der Waals surface area (Å²) in [6.07, 6.45) is 4.07. The number of ether oxygens (including phenoxy) is 1. The van der Waals surface area contributed by atoms with Crippen molar-refractivity contribution in [3.63, 3.8) is 0 Å². The van der Waals surface area contributed by atoms with Crippen molar-refractivity contribution in [2.45, 2.75) is 45.1 Å². The van der Waals surface area contributed by atoms with Crippen LogP contribution >= 0.6 is 11.3 Å². The minimum atomic E-state index is -0.754. The van der Waals surface area contributed by atoms with Crippen LogP contribution in [0.15, 0.2) is 24.3 Å². The minimum absolute atomic E-state index is 0.0149. The second-order valence-corrected chi connectivity index (χ2v) is 9.60. The van der Waals surface area contributed by atoms with Crippen LogP contribution in [0.1, 0.15) is 36.8 Å². The quantitative estimate of drug-likeness (QED) is 0.558. The number of aromatic nitrogens is 1. The first-order valence-electron chi connectivity index (χ1n) is 11.2. The third kappa shape index (κ3) is 5.69. The molecule has 10 heteroatoms. The molecule has 0 radical (unpaired) electrons. The molecule has 3 amide bonds. The van der Waals surface area contributed by atoms with E-state index in [0.29, 0.717) is 24.3 Å². The minimum Gasteiger partial charge on any atom is -0.371 e. The summed E-state index contributed by atoms with van der Waals surface area (Å²) in [5.74, 6) is -1.67. The summed E-state index contributed by atoms with van der Waals surface area (Å²) >= 11 is 1.64. The molecule has 3 N–H and O–H groups in total. The number of thiazole rings is 1. The molecule has 2 aliphatic rings. The number of carbonyl (C=O) groups excluding carboxylic acids is 3. The molecule has 2 aromatic rings. The van der Waals surface area contributed by atoms with Gasteiger partial charge in [0.1, 0.15) is 0 Å². The normalized spacial score (nSPS) is 16.7. The number of nitrogens with zero attached hydrogens (tertiary/aromatic N) is 2. The second kappa shape index (κ2) is 9.88. The van der Waals surface area contributed by atoms with Gasteiger partial charge in [0.15, 0.2) is 5.13 Å². The van der Waals surface area contributed by atoms with E-state index in [0.717, 1.165) is 48.2 Å². The predicted molar refractivity (Wildman–Crippen MR) is 128 cm³/mol. The summed E-state index contributed by atoms with van der Waals surface area (Å²) in [5, 5.41) is 8.86. The van der Waals surface area contributed by atoms with Gasteiger partial charge in [0.05, 0.1) is 17.9 Å². The lowest BCUT2D eigenvalue weighted by Gasteiger charge is -2.48. The van der Waals surface area contributed by atoms with E-state index in [1.165, 1.54) is 13.3 Å². The van der Waals surface area contributed by atoms with Gasteiger partial charge in [0, 0.05) is 49.2 Å². The van der Waals surface area contributed by atoms with Crippen molar-refractivity contribution in [1.82, 2.24) is 10.3 Å². The van der Waals surface area contributed by atoms with Crippen molar-refractivity contribution in [3.05, 3.63) is 34.8 Å². The molecule has 1 aromatic carbocycles. The second-order valence-electron chi connectivity index (χ2n) is 8.53. The zero-order valence-electron chi connectivity index (χ0n) is 18.9. The van der Waals surface area contributed by atoms with Crippen molar-refractivity contribution in [2.24, 2.45) is 0 Å². The third-order valence-corrected chi connectivity index (χ3v) is 7.23. The van der Waals surface area contributed by atoms with Gasteiger partial charge in [0.2, 0.25) is 5.91 Å². The lowest BCUT2D eigenvalue weighted by Crippen LogP contribution is -2.55. The lowest BCUT2D eigenvalue weighted by molar-refractivity contribution is -0.136. The van der Waals surface area contributed by atoms with Crippen LogP contribution in [0, 0.1) is 6.92 Å². The SMILES string of the molecule is CC(=O)Nc1cccc(NC(=O)C(=O)NCCc2sc(N3CCOC4(CCC4)C3)nc2C)c1. The number of carbonyl (C=O) groups is 3. The fourth-order valence-corrected chi connectivity index (χ4v) is 5.18. The molecule has 0 bridgehead atoms. The molecule has 1 aliphatic heterocycles. The third-order valence-electron chi connectivity index (χ3n) is 5.95. The number of aryl methyl sites for hydroxylation is 1. The van der Waals surface area contributed by atoms with Crippen LogP contribution in [0.25, 0.3) is 0 Å². The van der Waals surface area contributed by atoms with Gasteiger partial charge in [-0.1, -0.05) is 6.07 Å². The van der Waals surface area contributed by atoms with Crippen molar-refractivity contribution in [1.29, 1.82) is 0 Å². The largest absolute Gasteiger partial charge is 0.371 e. The molecule has 1 saturated carbocycles. The van der Waals surface area contributed by atoms with E-state index < -0.39 is 11.8 Å². The Hall–Kier alpha value is -2.98. The molecule has 1 aromatic heterocycles. The Morgan fingerprint density at radius 1 is 1.18 bits per heavy atom. The maximum atomic E-state index is 12.2. The molecular formula is C23H29N5O4S. The van der Waals surface area contributed by atoms with Gasteiger partial charge in [-0.2, -0.15) is 0 Å². The van der Waals surface area contributed by atoms with Gasteiger partial charge in [-0.25, -0.2) is 4.98 Å². The number of anilines is 3. The number of amides is 3. The Kier molecular flexibility index (Phi) is 6.94. The van der Waals surface area contributed by atoms with Gasteiger partial charge < -0.3 is 25.6 Å². The Balaban J connectivity index is 1.26. The van der Waals surface area contributed by atoms with Crippen molar-refractivity contribution < 1.29 is 19.1 Å². The average molecular weight is 472 g/mol. The van der Waals surface area contributed by atoms with Gasteiger partial charge in [-0.05, 0) is 44.4 Å². The van der Waals surface area contributed by atoms with E-state index in [1.807, 2.05) is 6.92 Å². The highest BCUT2D eigenvalue weighted by molar-refractivity contribution is 7.15. The maximum Gasteiger partial charge on any atom is 0.313 e. The maximum absolute atomic E-state index is 12.2. The van der Waals surface area contributed by atoms with Crippen LogP contribution in [-0.2, 0) is 25.5 Å². The zero-order chi connectivity index (χ0) is 23.4. The Morgan fingerprint density at radius 2 is 1.94 bits per heavy atom. The molecule has 2 fully saturated rings. The molecule has 1 aliphatic carbocycles. The zero-order valence-corrected chi connectivity index (χ0v) is 19.7. The summed E-state index contributed by atoms with van der Waals surface area (Å²) in [4.78, 5) is 43.8. The summed E-state index contributed by atoms with van der Waals surface area (Å²) in [6, 6.07) is 6.63. The number of benzene rings is 1. The topological polar surface area (TPSA) is 113 Å². The van der Waals surface area contributed by atoms with Crippen LogP contribution in [0.3, 0.4) is 0 Å². The van der Waals surface area contributed by atoms with Crippen molar-refractivity contribution in [3.8, 4) is 0 Å². The molecule has 33 heavy (non-hydrogen) atoms.